The van der Waals surface area contributed by atoms with Crippen LogP contribution in [0.3, 0.4) is 0 Å². The highest BCUT2D eigenvalue weighted by atomic mass is 32.2. The fourth-order valence-corrected chi connectivity index (χ4v) is 5.09. The Kier molecular flexibility index (Phi) is 7.94. The molecule has 4 aromatic rings. The predicted octanol–water partition coefficient (Wildman–Crippen LogP) is 6.83. The van der Waals surface area contributed by atoms with E-state index in [0.29, 0.717) is 27.8 Å². The molecule has 0 radical (unpaired) electrons. The van der Waals surface area contributed by atoms with Crippen LogP contribution in [-0.2, 0) is 20.0 Å². The lowest BCUT2D eigenvalue weighted by Gasteiger charge is -2.23. The maximum atomic E-state index is 12.4. The molecule has 7 nitrogen and oxygen atoms in total. The molecule has 0 atom stereocenters. The summed E-state index contributed by atoms with van der Waals surface area (Å²) in [5, 5.41) is 3.14. The Morgan fingerprint density at radius 2 is 1.65 bits per heavy atom. The summed E-state index contributed by atoms with van der Waals surface area (Å²) >= 11 is 1.14. The van der Waals surface area contributed by atoms with Crippen molar-refractivity contribution in [1.82, 2.24) is 4.98 Å². The minimum atomic E-state index is -3.33. The Bertz CT molecular complexity index is 1490. The molecule has 0 unspecified atom stereocenters. The number of carbonyl (C=O) groups excluding carboxylic acids is 1. The summed E-state index contributed by atoms with van der Waals surface area (Å²) in [5.74, 6) is 1.30. The third-order valence-electron chi connectivity index (χ3n) is 6.30. The molecular weight excluding hydrogens is 508 g/mol. The molecule has 0 aliphatic heterocycles. The van der Waals surface area contributed by atoms with E-state index in [1.54, 1.807) is 37.3 Å². The summed E-state index contributed by atoms with van der Waals surface area (Å²) in [6.45, 7) is 8.21. The molecule has 0 fully saturated rings. The number of aromatic nitrogens is 1. The van der Waals surface area contributed by atoms with E-state index in [9.17, 15) is 13.2 Å². The molecule has 0 aliphatic carbocycles. The largest absolute Gasteiger partial charge is 0.457 e. The summed E-state index contributed by atoms with van der Waals surface area (Å²) in [7, 11) is -3.33. The van der Waals surface area contributed by atoms with Gasteiger partial charge in [-0.25, -0.2) is 13.4 Å². The number of nitrogens with zero attached hydrogens (tertiary/aromatic N) is 1. The van der Waals surface area contributed by atoms with E-state index in [4.69, 9.17) is 9.15 Å². The summed E-state index contributed by atoms with van der Waals surface area (Å²) < 4.78 is 35.7. The monoisotopic (exact) mass is 538 g/mol. The van der Waals surface area contributed by atoms with Gasteiger partial charge in [-0.1, -0.05) is 51.6 Å². The van der Waals surface area contributed by atoms with Gasteiger partial charge in [-0.05, 0) is 72.0 Å². The number of carbonyl (C=O) groups is 1. The number of hydrogen-bond donors (Lipinski definition) is 1. The lowest BCUT2D eigenvalue weighted by molar-refractivity contribution is -0.113. The second kappa shape index (κ2) is 11.0. The predicted molar refractivity (Wildman–Crippen MR) is 147 cm³/mol. The Labute approximate surface area is 221 Å². The van der Waals surface area contributed by atoms with Crippen molar-refractivity contribution in [3.63, 3.8) is 0 Å². The van der Waals surface area contributed by atoms with Crippen LogP contribution < -0.4 is 10.1 Å². The van der Waals surface area contributed by atoms with Crippen molar-refractivity contribution in [2.75, 3.05) is 16.8 Å². The minimum absolute atomic E-state index is 0.00979. The zero-order valence-electron chi connectivity index (χ0n) is 21.3. The molecular formula is C28H30N2O5S2. The number of nitrogens with one attached hydrogen (secondary N) is 1. The fraction of sp³-hybridized carbons (Fsp3) is 0.286. The molecule has 0 bridgehead atoms. The van der Waals surface area contributed by atoms with E-state index >= 15 is 0 Å². The number of thioether (sulfide) groups is 1. The summed E-state index contributed by atoms with van der Waals surface area (Å²) in [5.41, 5.74) is 2.95. The molecule has 4 rings (SSSR count). The third kappa shape index (κ3) is 6.53. The first-order chi connectivity index (χ1) is 17.6. The van der Waals surface area contributed by atoms with Crippen molar-refractivity contribution in [1.29, 1.82) is 0 Å². The van der Waals surface area contributed by atoms with Crippen LogP contribution in [0.25, 0.3) is 11.1 Å². The molecule has 0 saturated heterocycles. The van der Waals surface area contributed by atoms with Crippen LogP contribution in [0.15, 0.2) is 81.3 Å². The van der Waals surface area contributed by atoms with Crippen molar-refractivity contribution in [2.24, 2.45) is 0 Å². The molecule has 1 N–H and O–H groups in total. The molecule has 1 heterocycles. The smallest absolute Gasteiger partial charge is 0.257 e. The van der Waals surface area contributed by atoms with Crippen molar-refractivity contribution in [2.45, 2.75) is 49.6 Å². The van der Waals surface area contributed by atoms with Crippen molar-refractivity contribution in [3.05, 3.63) is 72.3 Å². The highest BCUT2D eigenvalue weighted by Crippen LogP contribution is 2.30. The van der Waals surface area contributed by atoms with E-state index in [1.165, 1.54) is 17.7 Å². The Hall–Kier alpha value is -3.30. The summed E-state index contributed by atoms with van der Waals surface area (Å²) in [6.07, 6.45) is 1.06. The topological polar surface area (TPSA) is 98.5 Å². The Morgan fingerprint density at radius 1 is 1.00 bits per heavy atom. The molecule has 37 heavy (non-hydrogen) atoms. The van der Waals surface area contributed by atoms with E-state index in [2.05, 4.69) is 43.2 Å². The van der Waals surface area contributed by atoms with Crippen molar-refractivity contribution >= 4 is 44.3 Å². The number of fused-ring (bicyclic) bond motifs is 1. The lowest BCUT2D eigenvalue weighted by Crippen LogP contribution is -2.14. The van der Waals surface area contributed by atoms with Crippen molar-refractivity contribution < 1.29 is 22.4 Å². The van der Waals surface area contributed by atoms with Gasteiger partial charge < -0.3 is 14.5 Å². The van der Waals surface area contributed by atoms with Gasteiger partial charge in [0.15, 0.2) is 15.4 Å². The molecule has 9 heteroatoms. The maximum absolute atomic E-state index is 12.4. The zero-order chi connectivity index (χ0) is 26.6. The number of oxazole rings is 1. The molecule has 3 aromatic carbocycles. The molecule has 1 amide bonds. The highest BCUT2D eigenvalue weighted by molar-refractivity contribution is 7.99. The first-order valence-corrected chi connectivity index (χ1v) is 14.7. The number of anilines is 1. The average molecular weight is 539 g/mol. The maximum Gasteiger partial charge on any atom is 0.257 e. The standard InChI is InChI=1S/C28H30N2O5S2/c1-5-28(3,4)19-7-11-21(12-8-19)34-22-13-9-20(10-14-22)29-26(31)18-36-27-30-24-17-23(37(32,33)6-2)15-16-25(24)35-27/h7-17H,5-6,18H2,1-4H3,(H,29,31). The fourth-order valence-electron chi connectivity index (χ4n) is 3.55. The van der Waals surface area contributed by atoms with E-state index in [0.717, 1.165) is 23.9 Å². The van der Waals surface area contributed by atoms with Gasteiger partial charge in [0, 0.05) is 5.69 Å². The van der Waals surface area contributed by atoms with Crippen LogP contribution in [0.4, 0.5) is 5.69 Å². The normalized spacial score (nSPS) is 12.0. The summed E-state index contributed by atoms with van der Waals surface area (Å²) in [4.78, 5) is 16.9. The summed E-state index contributed by atoms with van der Waals surface area (Å²) in [6, 6.07) is 19.9. The highest BCUT2D eigenvalue weighted by Gasteiger charge is 2.18. The SMILES string of the molecule is CCC(C)(C)c1ccc(Oc2ccc(NC(=O)CSc3nc4cc(S(=O)(=O)CC)ccc4o3)cc2)cc1. The van der Waals surface area contributed by atoms with Crippen LogP contribution in [0, 0.1) is 0 Å². The molecule has 1 aromatic heterocycles. The Morgan fingerprint density at radius 3 is 2.27 bits per heavy atom. The van der Waals surface area contributed by atoms with E-state index < -0.39 is 9.84 Å². The molecule has 0 spiro atoms. The number of sulfone groups is 1. The van der Waals surface area contributed by atoms with Crippen LogP contribution >= 0.6 is 11.8 Å². The van der Waals surface area contributed by atoms with Gasteiger partial charge in [-0.2, -0.15) is 0 Å². The van der Waals surface area contributed by atoms with Crippen LogP contribution in [0.5, 0.6) is 11.5 Å². The quantitative estimate of drug-likeness (QED) is 0.221. The van der Waals surface area contributed by atoms with Gasteiger partial charge in [-0.3, -0.25) is 4.79 Å². The van der Waals surface area contributed by atoms with Gasteiger partial charge >= 0.3 is 0 Å². The molecule has 0 aliphatic rings. The van der Waals surface area contributed by atoms with Gasteiger partial charge in [0.05, 0.1) is 16.4 Å². The second-order valence-corrected chi connectivity index (χ2v) is 12.4. The second-order valence-electron chi connectivity index (χ2n) is 9.24. The van der Waals surface area contributed by atoms with Gasteiger partial charge in [0.2, 0.25) is 5.91 Å². The first-order valence-electron chi connectivity index (χ1n) is 12.0. The third-order valence-corrected chi connectivity index (χ3v) is 8.86. The number of ether oxygens (including phenoxy) is 1. The minimum Gasteiger partial charge on any atom is -0.457 e. The van der Waals surface area contributed by atoms with Crippen LogP contribution in [0.2, 0.25) is 0 Å². The van der Waals surface area contributed by atoms with Crippen molar-refractivity contribution in [3.8, 4) is 11.5 Å². The van der Waals surface area contributed by atoms with Crippen LogP contribution in [-0.4, -0.2) is 30.8 Å². The van der Waals surface area contributed by atoms with Gasteiger partial charge in [0.1, 0.15) is 17.0 Å². The number of amides is 1. The number of benzene rings is 3. The average Bonchev–Trinajstić information content (AvgIpc) is 3.31. The molecule has 0 saturated carbocycles. The van der Waals surface area contributed by atoms with Gasteiger partial charge in [-0.15, -0.1) is 0 Å². The Balaban J connectivity index is 1.31. The van der Waals surface area contributed by atoms with E-state index in [-0.39, 0.29) is 27.7 Å². The number of hydrogen-bond acceptors (Lipinski definition) is 7. The van der Waals surface area contributed by atoms with Gasteiger partial charge in [0.25, 0.3) is 5.22 Å². The van der Waals surface area contributed by atoms with Crippen LogP contribution in [0.1, 0.15) is 39.7 Å². The first kappa shape index (κ1) is 26.8. The zero-order valence-corrected chi connectivity index (χ0v) is 22.9. The van der Waals surface area contributed by atoms with E-state index in [1.807, 2.05) is 12.1 Å². The number of rotatable bonds is 10. The molecule has 194 valence electrons. The lowest BCUT2D eigenvalue weighted by atomic mass is 9.82.